The molecule has 0 spiro atoms. The van der Waals surface area contributed by atoms with Gasteiger partial charge >= 0.3 is 0 Å². The number of nitrogens with zero attached hydrogens (tertiary/aromatic N) is 5. The fourth-order valence-corrected chi connectivity index (χ4v) is 3.39. The largest absolute Gasteiger partial charge is 0.454 e. The molecule has 0 amide bonds. The van der Waals surface area contributed by atoms with Crippen LogP contribution in [0.5, 0.6) is 11.5 Å². The number of aromatic nitrogens is 4. The zero-order valence-corrected chi connectivity index (χ0v) is 16.0. The van der Waals surface area contributed by atoms with Crippen LogP contribution in [0.2, 0.25) is 0 Å². The van der Waals surface area contributed by atoms with Gasteiger partial charge in [0, 0.05) is 43.8 Å². The molecule has 27 heavy (non-hydrogen) atoms. The SMILES string of the molecule is CCNC(=S)N(CCOC)Cc1cc2cc3c(cc2n2nnnc12)OCO3. The number of hydrogen-bond acceptors (Lipinski definition) is 7. The Morgan fingerprint density at radius 3 is 2.93 bits per heavy atom. The summed E-state index contributed by atoms with van der Waals surface area (Å²) in [7, 11) is 1.67. The number of thiocarbonyl (C=S) groups is 1. The van der Waals surface area contributed by atoms with Crippen molar-refractivity contribution in [3.63, 3.8) is 0 Å². The van der Waals surface area contributed by atoms with Gasteiger partial charge in [0.15, 0.2) is 22.3 Å². The molecule has 3 aromatic rings. The van der Waals surface area contributed by atoms with E-state index in [1.54, 1.807) is 11.6 Å². The summed E-state index contributed by atoms with van der Waals surface area (Å²) in [6.45, 7) is 4.78. The summed E-state index contributed by atoms with van der Waals surface area (Å²) in [5.74, 6) is 1.42. The minimum Gasteiger partial charge on any atom is -0.454 e. The van der Waals surface area contributed by atoms with Crippen molar-refractivity contribution in [2.45, 2.75) is 13.5 Å². The van der Waals surface area contributed by atoms with Gasteiger partial charge in [-0.1, -0.05) is 0 Å². The molecule has 0 saturated carbocycles. The van der Waals surface area contributed by atoms with Gasteiger partial charge in [0.2, 0.25) is 6.79 Å². The van der Waals surface area contributed by atoms with Gasteiger partial charge in [-0.2, -0.15) is 4.52 Å². The highest BCUT2D eigenvalue weighted by molar-refractivity contribution is 7.80. The maximum absolute atomic E-state index is 5.51. The van der Waals surface area contributed by atoms with E-state index in [2.05, 4.69) is 26.9 Å². The Morgan fingerprint density at radius 2 is 2.15 bits per heavy atom. The second kappa shape index (κ2) is 7.49. The van der Waals surface area contributed by atoms with Crippen molar-refractivity contribution in [3.8, 4) is 11.5 Å². The second-order valence-electron chi connectivity index (χ2n) is 6.10. The number of benzene rings is 1. The molecule has 10 heteroatoms. The van der Waals surface area contributed by atoms with Crippen molar-refractivity contribution >= 4 is 33.9 Å². The number of fused-ring (bicyclic) bond motifs is 4. The third-order valence-electron chi connectivity index (χ3n) is 4.38. The molecule has 0 unspecified atom stereocenters. The standard InChI is InChI=1S/C17H20N6O3S/c1-3-18-17(27)22(4-5-24-2)9-12-6-11-7-14-15(26-10-25-14)8-13(11)23-16(12)19-20-21-23/h6-8H,3-5,9-10H2,1-2H3,(H,18,27). The Morgan fingerprint density at radius 1 is 1.33 bits per heavy atom. The summed E-state index contributed by atoms with van der Waals surface area (Å²) in [5.41, 5.74) is 2.51. The monoisotopic (exact) mass is 388 g/mol. The molecule has 9 nitrogen and oxygen atoms in total. The van der Waals surface area contributed by atoms with Gasteiger partial charge in [0.1, 0.15) is 0 Å². The zero-order valence-electron chi connectivity index (χ0n) is 15.1. The van der Waals surface area contributed by atoms with Crippen LogP contribution in [0, 0.1) is 0 Å². The predicted molar refractivity (Wildman–Crippen MR) is 103 cm³/mol. The second-order valence-corrected chi connectivity index (χ2v) is 6.48. The van der Waals surface area contributed by atoms with Crippen LogP contribution in [0.1, 0.15) is 12.5 Å². The lowest BCUT2D eigenvalue weighted by molar-refractivity contribution is 0.174. The average molecular weight is 388 g/mol. The molecule has 0 aliphatic carbocycles. The van der Waals surface area contributed by atoms with Crippen LogP contribution in [0.25, 0.3) is 16.6 Å². The summed E-state index contributed by atoms with van der Waals surface area (Å²) >= 11 is 5.51. The maximum atomic E-state index is 5.51. The molecule has 142 valence electrons. The molecule has 1 aliphatic rings. The Kier molecular flexibility index (Phi) is 4.90. The molecule has 0 radical (unpaired) electrons. The van der Waals surface area contributed by atoms with Gasteiger partial charge < -0.3 is 24.4 Å². The summed E-state index contributed by atoms with van der Waals surface area (Å²) in [6.07, 6.45) is 0. The van der Waals surface area contributed by atoms with E-state index < -0.39 is 0 Å². The molecule has 1 aliphatic heterocycles. The van der Waals surface area contributed by atoms with Crippen molar-refractivity contribution in [2.75, 3.05) is 33.6 Å². The summed E-state index contributed by atoms with van der Waals surface area (Å²) in [6, 6.07) is 5.92. The third-order valence-corrected chi connectivity index (χ3v) is 4.78. The van der Waals surface area contributed by atoms with E-state index in [-0.39, 0.29) is 6.79 Å². The van der Waals surface area contributed by atoms with Crippen molar-refractivity contribution in [1.29, 1.82) is 0 Å². The maximum Gasteiger partial charge on any atom is 0.231 e. The van der Waals surface area contributed by atoms with Crippen LogP contribution in [-0.4, -0.2) is 63.7 Å². The summed E-state index contributed by atoms with van der Waals surface area (Å²) in [5, 5.41) is 17.1. The highest BCUT2D eigenvalue weighted by atomic mass is 32.1. The van der Waals surface area contributed by atoms with Crippen LogP contribution >= 0.6 is 12.2 Å². The van der Waals surface area contributed by atoms with E-state index in [0.717, 1.165) is 28.8 Å². The Bertz CT molecular complexity index is 992. The van der Waals surface area contributed by atoms with E-state index in [1.807, 2.05) is 24.0 Å². The van der Waals surface area contributed by atoms with Crippen LogP contribution in [0.3, 0.4) is 0 Å². The minimum absolute atomic E-state index is 0.221. The lowest BCUT2D eigenvalue weighted by atomic mass is 10.1. The molecule has 4 rings (SSSR count). The van der Waals surface area contributed by atoms with E-state index >= 15 is 0 Å². The van der Waals surface area contributed by atoms with E-state index in [1.165, 1.54) is 0 Å². The molecule has 0 bridgehead atoms. The van der Waals surface area contributed by atoms with E-state index in [4.69, 9.17) is 26.4 Å². The van der Waals surface area contributed by atoms with Crippen molar-refractivity contribution < 1.29 is 14.2 Å². The highest BCUT2D eigenvalue weighted by Gasteiger charge is 2.19. The van der Waals surface area contributed by atoms with Gasteiger partial charge in [-0.15, -0.1) is 5.10 Å². The average Bonchev–Trinajstić information content (AvgIpc) is 3.32. The van der Waals surface area contributed by atoms with E-state index in [9.17, 15) is 0 Å². The molecule has 1 aromatic carbocycles. The first kappa shape index (κ1) is 17.7. The molecule has 0 fully saturated rings. The van der Waals surface area contributed by atoms with Gasteiger partial charge in [-0.05, 0) is 41.7 Å². The molecule has 0 atom stereocenters. The molecular weight excluding hydrogens is 368 g/mol. The van der Waals surface area contributed by atoms with Gasteiger partial charge in [-0.3, -0.25) is 0 Å². The lowest BCUT2D eigenvalue weighted by Crippen LogP contribution is -2.41. The van der Waals surface area contributed by atoms with Gasteiger partial charge in [0.05, 0.1) is 12.1 Å². The number of hydrogen-bond donors (Lipinski definition) is 1. The molecule has 0 saturated heterocycles. The zero-order chi connectivity index (χ0) is 18.8. The van der Waals surface area contributed by atoms with E-state index in [0.29, 0.717) is 36.2 Å². The predicted octanol–water partition coefficient (Wildman–Crippen LogP) is 1.35. The highest BCUT2D eigenvalue weighted by Crippen LogP contribution is 2.36. The quantitative estimate of drug-likeness (QED) is 0.629. The molecule has 3 heterocycles. The van der Waals surface area contributed by atoms with Crippen molar-refractivity contribution in [3.05, 3.63) is 23.8 Å². The number of pyridine rings is 1. The number of methoxy groups -OCH3 is 1. The van der Waals surface area contributed by atoms with Crippen molar-refractivity contribution in [1.82, 2.24) is 30.3 Å². The number of nitrogens with one attached hydrogen (secondary N) is 1. The molecule has 2 aromatic heterocycles. The topological polar surface area (TPSA) is 86.0 Å². The van der Waals surface area contributed by atoms with Crippen molar-refractivity contribution in [2.24, 2.45) is 0 Å². The first-order valence-electron chi connectivity index (χ1n) is 8.66. The Hall–Kier alpha value is -2.72. The smallest absolute Gasteiger partial charge is 0.231 e. The Labute approximate surface area is 161 Å². The number of rotatable bonds is 6. The fraction of sp³-hybridized carbons (Fsp3) is 0.412. The summed E-state index contributed by atoms with van der Waals surface area (Å²) < 4.78 is 17.9. The van der Waals surface area contributed by atoms with Gasteiger partial charge in [-0.25, -0.2) is 0 Å². The minimum atomic E-state index is 0.221. The van der Waals surface area contributed by atoms with Crippen LogP contribution in [0.15, 0.2) is 18.2 Å². The Balaban J connectivity index is 1.76. The lowest BCUT2D eigenvalue weighted by Gasteiger charge is -2.25. The molecular formula is C17H20N6O3S. The normalized spacial score (nSPS) is 12.7. The first-order chi connectivity index (χ1) is 13.2. The van der Waals surface area contributed by atoms with Crippen LogP contribution in [-0.2, 0) is 11.3 Å². The fourth-order valence-electron chi connectivity index (χ4n) is 3.09. The van der Waals surface area contributed by atoms with Crippen LogP contribution < -0.4 is 14.8 Å². The first-order valence-corrected chi connectivity index (χ1v) is 9.07. The molecule has 1 N–H and O–H groups in total. The number of ether oxygens (including phenoxy) is 3. The van der Waals surface area contributed by atoms with Gasteiger partial charge in [0.25, 0.3) is 0 Å². The summed E-state index contributed by atoms with van der Waals surface area (Å²) in [4.78, 5) is 2.05. The number of tetrazole rings is 1. The third kappa shape index (κ3) is 3.33. The van der Waals surface area contributed by atoms with Crippen LogP contribution in [0.4, 0.5) is 0 Å².